The third kappa shape index (κ3) is 2.28. The molecule has 1 unspecified atom stereocenters. The van der Waals surface area contributed by atoms with E-state index < -0.39 is 6.10 Å². The van der Waals surface area contributed by atoms with Gasteiger partial charge in [-0.2, -0.15) is 0 Å². The van der Waals surface area contributed by atoms with Crippen LogP contribution in [0.2, 0.25) is 5.02 Å². The highest BCUT2D eigenvalue weighted by Crippen LogP contribution is 2.32. The van der Waals surface area contributed by atoms with Gasteiger partial charge in [0.2, 0.25) is 0 Å². The number of hydrogen-bond donors (Lipinski definition) is 1. The Hall–Kier alpha value is -1.90. The van der Waals surface area contributed by atoms with Crippen molar-refractivity contribution in [2.24, 2.45) is 0 Å². The maximum atomic E-state index is 10.6. The van der Waals surface area contributed by atoms with Crippen LogP contribution in [0, 0.1) is 6.92 Å². The summed E-state index contributed by atoms with van der Waals surface area (Å²) < 4.78 is 0. The normalized spacial score (nSPS) is 12.6. The van der Waals surface area contributed by atoms with Crippen molar-refractivity contribution in [3.63, 3.8) is 0 Å². The molecule has 1 aromatic heterocycles. The molecule has 0 aliphatic heterocycles. The summed E-state index contributed by atoms with van der Waals surface area (Å²) in [5.74, 6) is 0. The Balaban J connectivity index is 2.15. The van der Waals surface area contributed by atoms with E-state index in [1.54, 1.807) is 6.20 Å². The minimum atomic E-state index is -0.776. The van der Waals surface area contributed by atoms with E-state index in [1.807, 2.05) is 55.5 Å². The lowest BCUT2D eigenvalue weighted by Crippen LogP contribution is -2.02. The first-order valence-corrected chi connectivity index (χ1v) is 6.82. The van der Waals surface area contributed by atoms with Gasteiger partial charge in [-0.05, 0) is 24.6 Å². The van der Waals surface area contributed by atoms with Crippen molar-refractivity contribution in [3.8, 4) is 0 Å². The highest BCUT2D eigenvalue weighted by Gasteiger charge is 2.16. The molecule has 2 nitrogen and oxygen atoms in total. The second-order valence-corrected chi connectivity index (χ2v) is 5.26. The highest BCUT2D eigenvalue weighted by molar-refractivity contribution is 6.31. The van der Waals surface area contributed by atoms with Crippen molar-refractivity contribution in [1.29, 1.82) is 0 Å². The number of pyridine rings is 1. The van der Waals surface area contributed by atoms with Crippen LogP contribution in [0.4, 0.5) is 0 Å². The Morgan fingerprint density at radius 3 is 2.65 bits per heavy atom. The van der Waals surface area contributed by atoms with E-state index in [-0.39, 0.29) is 0 Å². The van der Waals surface area contributed by atoms with Crippen LogP contribution in [0.1, 0.15) is 22.8 Å². The highest BCUT2D eigenvalue weighted by atomic mass is 35.5. The average molecular weight is 284 g/mol. The topological polar surface area (TPSA) is 33.1 Å². The standard InChI is InChI=1S/C17H14ClNO/c1-11-7-8-13(15(18)10-11)17(20)14-6-2-4-12-5-3-9-19-16(12)14/h2-10,17,20H,1H3. The molecule has 0 fully saturated rings. The van der Waals surface area contributed by atoms with Gasteiger partial charge in [0, 0.05) is 27.7 Å². The summed E-state index contributed by atoms with van der Waals surface area (Å²) in [6.45, 7) is 1.97. The molecule has 0 saturated heterocycles. The quantitative estimate of drug-likeness (QED) is 0.761. The molecule has 100 valence electrons. The van der Waals surface area contributed by atoms with Crippen LogP contribution in [0.25, 0.3) is 10.9 Å². The molecular formula is C17H14ClNO. The first kappa shape index (κ1) is 13.1. The molecular weight excluding hydrogens is 270 g/mol. The van der Waals surface area contributed by atoms with Gasteiger partial charge in [-0.25, -0.2) is 0 Å². The van der Waals surface area contributed by atoms with Crippen LogP contribution in [-0.4, -0.2) is 10.1 Å². The molecule has 0 aliphatic rings. The molecule has 0 amide bonds. The molecule has 0 saturated carbocycles. The van der Waals surface area contributed by atoms with Crippen molar-refractivity contribution in [1.82, 2.24) is 4.98 Å². The summed E-state index contributed by atoms with van der Waals surface area (Å²) in [5, 5.41) is 12.2. The number of aliphatic hydroxyl groups is 1. The first-order chi connectivity index (χ1) is 9.66. The molecule has 20 heavy (non-hydrogen) atoms. The number of nitrogens with zero attached hydrogens (tertiary/aromatic N) is 1. The zero-order valence-electron chi connectivity index (χ0n) is 11.0. The Bertz CT molecular complexity index is 765. The van der Waals surface area contributed by atoms with E-state index in [4.69, 9.17) is 11.6 Å². The number of hydrogen-bond acceptors (Lipinski definition) is 2. The van der Waals surface area contributed by atoms with Crippen LogP contribution in [-0.2, 0) is 0 Å². The van der Waals surface area contributed by atoms with E-state index in [9.17, 15) is 5.11 Å². The Morgan fingerprint density at radius 2 is 1.85 bits per heavy atom. The van der Waals surface area contributed by atoms with Crippen LogP contribution < -0.4 is 0 Å². The van der Waals surface area contributed by atoms with Crippen LogP contribution in [0.15, 0.2) is 54.7 Å². The van der Waals surface area contributed by atoms with Crippen LogP contribution >= 0.6 is 11.6 Å². The second kappa shape index (κ2) is 5.23. The number of fused-ring (bicyclic) bond motifs is 1. The molecule has 0 radical (unpaired) electrons. The maximum absolute atomic E-state index is 10.6. The monoisotopic (exact) mass is 283 g/mol. The minimum absolute atomic E-state index is 0.574. The number of aromatic nitrogens is 1. The molecule has 1 heterocycles. The molecule has 0 aliphatic carbocycles. The van der Waals surface area contributed by atoms with Gasteiger partial charge in [0.25, 0.3) is 0 Å². The number of halogens is 1. The van der Waals surface area contributed by atoms with Crippen molar-refractivity contribution < 1.29 is 5.11 Å². The Labute approximate surface area is 122 Å². The predicted octanol–water partition coefficient (Wildman–Crippen LogP) is 4.28. The average Bonchev–Trinajstić information content (AvgIpc) is 2.46. The summed E-state index contributed by atoms with van der Waals surface area (Å²) in [6.07, 6.45) is 0.955. The summed E-state index contributed by atoms with van der Waals surface area (Å²) in [7, 11) is 0. The van der Waals surface area contributed by atoms with Crippen LogP contribution in [0.3, 0.4) is 0 Å². The lowest BCUT2D eigenvalue weighted by molar-refractivity contribution is 0.222. The third-order valence-corrected chi connectivity index (χ3v) is 3.74. The van der Waals surface area contributed by atoms with Gasteiger partial charge in [-0.1, -0.05) is 48.0 Å². The summed E-state index contributed by atoms with van der Waals surface area (Å²) >= 11 is 6.25. The second-order valence-electron chi connectivity index (χ2n) is 4.85. The van der Waals surface area contributed by atoms with Crippen molar-refractivity contribution in [2.75, 3.05) is 0 Å². The smallest absolute Gasteiger partial charge is 0.108 e. The Kier molecular flexibility index (Phi) is 3.43. The number of aryl methyl sites for hydroxylation is 1. The molecule has 1 N–H and O–H groups in total. The van der Waals surface area contributed by atoms with Gasteiger partial charge in [0.15, 0.2) is 0 Å². The number of para-hydroxylation sites is 1. The third-order valence-electron chi connectivity index (χ3n) is 3.41. The van der Waals surface area contributed by atoms with Gasteiger partial charge in [-0.15, -0.1) is 0 Å². The molecule has 0 spiro atoms. The number of rotatable bonds is 2. The van der Waals surface area contributed by atoms with Gasteiger partial charge in [-0.3, -0.25) is 4.98 Å². The summed E-state index contributed by atoms with van der Waals surface area (Å²) in [5.41, 5.74) is 3.35. The first-order valence-electron chi connectivity index (χ1n) is 6.44. The summed E-state index contributed by atoms with van der Waals surface area (Å²) in [4.78, 5) is 4.37. The maximum Gasteiger partial charge on any atom is 0.108 e. The molecule has 2 aromatic carbocycles. The fourth-order valence-corrected chi connectivity index (χ4v) is 2.71. The molecule has 1 atom stereocenters. The lowest BCUT2D eigenvalue weighted by Gasteiger charge is -2.15. The fourth-order valence-electron chi connectivity index (χ4n) is 2.37. The molecule has 0 bridgehead atoms. The fraction of sp³-hybridized carbons (Fsp3) is 0.118. The Morgan fingerprint density at radius 1 is 1.05 bits per heavy atom. The van der Waals surface area contributed by atoms with Gasteiger partial charge >= 0.3 is 0 Å². The minimum Gasteiger partial charge on any atom is -0.384 e. The molecule has 3 aromatic rings. The van der Waals surface area contributed by atoms with E-state index in [0.717, 1.165) is 22.0 Å². The summed E-state index contributed by atoms with van der Waals surface area (Å²) in [6, 6.07) is 15.3. The SMILES string of the molecule is Cc1ccc(C(O)c2cccc3cccnc23)c(Cl)c1. The zero-order valence-corrected chi connectivity index (χ0v) is 11.8. The van der Waals surface area contributed by atoms with Crippen LogP contribution in [0.5, 0.6) is 0 Å². The predicted molar refractivity (Wildman–Crippen MR) is 82.0 cm³/mol. The zero-order chi connectivity index (χ0) is 14.1. The van der Waals surface area contributed by atoms with E-state index in [1.165, 1.54) is 0 Å². The number of benzene rings is 2. The van der Waals surface area contributed by atoms with E-state index in [0.29, 0.717) is 10.6 Å². The van der Waals surface area contributed by atoms with Crippen molar-refractivity contribution in [3.05, 3.63) is 76.4 Å². The molecule has 3 heteroatoms. The van der Waals surface area contributed by atoms with Gasteiger partial charge < -0.3 is 5.11 Å². The van der Waals surface area contributed by atoms with E-state index >= 15 is 0 Å². The number of aliphatic hydroxyl groups excluding tert-OH is 1. The van der Waals surface area contributed by atoms with Crippen molar-refractivity contribution >= 4 is 22.5 Å². The van der Waals surface area contributed by atoms with Gasteiger partial charge in [0.1, 0.15) is 6.10 Å². The van der Waals surface area contributed by atoms with E-state index in [2.05, 4.69) is 4.98 Å². The van der Waals surface area contributed by atoms with Gasteiger partial charge in [0.05, 0.1) is 5.52 Å². The van der Waals surface area contributed by atoms with Crippen molar-refractivity contribution in [2.45, 2.75) is 13.0 Å². The lowest BCUT2D eigenvalue weighted by atomic mass is 9.98. The largest absolute Gasteiger partial charge is 0.384 e. The molecule has 3 rings (SSSR count).